The van der Waals surface area contributed by atoms with Crippen LogP contribution >= 0.6 is 11.3 Å². The average Bonchev–Trinajstić information content (AvgIpc) is 3.07. The number of rotatable bonds is 6. The second-order valence-corrected chi connectivity index (χ2v) is 8.09. The minimum absolute atomic E-state index is 0.213. The first-order valence-electron chi connectivity index (χ1n) is 8.84. The summed E-state index contributed by atoms with van der Waals surface area (Å²) in [5.41, 5.74) is 0. The summed E-state index contributed by atoms with van der Waals surface area (Å²) in [5.74, 6) is 1.06. The first kappa shape index (κ1) is 15.6. The fraction of sp³-hybridized carbons (Fsp3) is 0.722. The molecule has 3 atom stereocenters. The lowest BCUT2D eigenvalue weighted by Crippen LogP contribution is -2.46. The molecule has 2 aliphatic heterocycles. The van der Waals surface area contributed by atoms with Crippen LogP contribution < -0.4 is 0 Å². The number of nitrogens with zero attached hydrogens (tertiary/aromatic N) is 1. The van der Waals surface area contributed by atoms with Gasteiger partial charge in [-0.1, -0.05) is 6.07 Å². The number of fused-ring (bicyclic) bond motifs is 1. The van der Waals surface area contributed by atoms with Crippen molar-refractivity contribution in [2.75, 3.05) is 19.8 Å². The Balaban J connectivity index is 1.26. The summed E-state index contributed by atoms with van der Waals surface area (Å²) in [5, 5.41) is 2.03. The summed E-state index contributed by atoms with van der Waals surface area (Å²) in [7, 11) is 0. The molecule has 0 spiro atoms. The molecule has 4 rings (SSSR count). The first-order chi connectivity index (χ1) is 11.3. The lowest BCUT2D eigenvalue weighted by Gasteiger charge is -2.36. The summed E-state index contributed by atoms with van der Waals surface area (Å²) >= 11 is 1.66. The van der Waals surface area contributed by atoms with E-state index in [4.69, 9.17) is 9.47 Å². The van der Waals surface area contributed by atoms with E-state index in [9.17, 15) is 4.79 Å². The van der Waals surface area contributed by atoms with Gasteiger partial charge in [0.1, 0.15) is 0 Å². The summed E-state index contributed by atoms with van der Waals surface area (Å²) in [6.45, 7) is 2.47. The van der Waals surface area contributed by atoms with Gasteiger partial charge in [-0.15, -0.1) is 11.3 Å². The van der Waals surface area contributed by atoms with Crippen molar-refractivity contribution in [3.63, 3.8) is 0 Å². The van der Waals surface area contributed by atoms with Crippen LogP contribution in [0.3, 0.4) is 0 Å². The zero-order valence-electron chi connectivity index (χ0n) is 13.5. The lowest BCUT2D eigenvalue weighted by molar-refractivity contribution is -0.138. The number of carbonyl (C=O) groups is 1. The van der Waals surface area contributed by atoms with Crippen LogP contribution in [0, 0.1) is 5.92 Å². The SMILES string of the molecule is O=C(Cc1cccs1)N1CC[C@@H]2O[C@H](COCC3CC3)CC[C@@H]21. The van der Waals surface area contributed by atoms with Crippen LogP contribution in [0.1, 0.15) is 37.0 Å². The molecular weight excluding hydrogens is 310 g/mol. The second-order valence-electron chi connectivity index (χ2n) is 7.05. The minimum atomic E-state index is 0.213. The molecule has 2 saturated heterocycles. The van der Waals surface area contributed by atoms with E-state index >= 15 is 0 Å². The third kappa shape index (κ3) is 3.78. The molecule has 3 heterocycles. The Labute approximate surface area is 141 Å². The van der Waals surface area contributed by atoms with Crippen molar-refractivity contribution in [1.82, 2.24) is 4.90 Å². The van der Waals surface area contributed by atoms with E-state index in [1.807, 2.05) is 17.5 Å². The molecule has 23 heavy (non-hydrogen) atoms. The maximum Gasteiger partial charge on any atom is 0.228 e. The van der Waals surface area contributed by atoms with Crippen LogP contribution in [0.4, 0.5) is 0 Å². The monoisotopic (exact) mass is 335 g/mol. The van der Waals surface area contributed by atoms with E-state index in [2.05, 4.69) is 4.90 Å². The Morgan fingerprint density at radius 1 is 1.26 bits per heavy atom. The maximum absolute atomic E-state index is 12.6. The highest BCUT2D eigenvalue weighted by Crippen LogP contribution is 2.33. The van der Waals surface area contributed by atoms with Gasteiger partial charge in [-0.3, -0.25) is 4.79 Å². The molecule has 5 heteroatoms. The van der Waals surface area contributed by atoms with Gasteiger partial charge in [0.05, 0.1) is 31.3 Å². The van der Waals surface area contributed by atoms with Gasteiger partial charge in [0.25, 0.3) is 0 Å². The van der Waals surface area contributed by atoms with Crippen molar-refractivity contribution >= 4 is 17.2 Å². The summed E-state index contributed by atoms with van der Waals surface area (Å²) in [6, 6.07) is 4.33. The smallest absolute Gasteiger partial charge is 0.228 e. The van der Waals surface area contributed by atoms with Gasteiger partial charge in [-0.05, 0) is 49.5 Å². The van der Waals surface area contributed by atoms with Crippen molar-refractivity contribution in [2.24, 2.45) is 5.92 Å². The molecule has 1 amide bonds. The van der Waals surface area contributed by atoms with E-state index in [0.717, 1.165) is 49.8 Å². The third-order valence-corrected chi connectivity index (χ3v) is 6.09. The molecule has 1 saturated carbocycles. The highest BCUT2D eigenvalue weighted by atomic mass is 32.1. The summed E-state index contributed by atoms with van der Waals surface area (Å²) in [6.07, 6.45) is 6.67. The molecule has 4 nitrogen and oxygen atoms in total. The molecule has 3 aliphatic rings. The van der Waals surface area contributed by atoms with E-state index < -0.39 is 0 Å². The normalized spacial score (nSPS) is 30.4. The molecule has 3 fully saturated rings. The predicted molar refractivity (Wildman–Crippen MR) is 89.6 cm³/mol. The van der Waals surface area contributed by atoms with Gasteiger partial charge in [0.15, 0.2) is 0 Å². The Hall–Kier alpha value is -0.910. The molecule has 0 aromatic carbocycles. The Kier molecular flexibility index (Phi) is 4.69. The molecule has 0 radical (unpaired) electrons. The van der Waals surface area contributed by atoms with Crippen molar-refractivity contribution in [1.29, 1.82) is 0 Å². The van der Waals surface area contributed by atoms with Gasteiger partial charge < -0.3 is 14.4 Å². The van der Waals surface area contributed by atoms with Crippen molar-refractivity contribution < 1.29 is 14.3 Å². The largest absolute Gasteiger partial charge is 0.378 e. The van der Waals surface area contributed by atoms with Crippen LogP contribution in [0.2, 0.25) is 0 Å². The predicted octanol–water partition coefficient (Wildman–Crippen LogP) is 2.87. The lowest BCUT2D eigenvalue weighted by atomic mass is 9.99. The van der Waals surface area contributed by atoms with Crippen LogP contribution in [-0.4, -0.2) is 48.8 Å². The Bertz CT molecular complexity index is 528. The zero-order valence-corrected chi connectivity index (χ0v) is 14.3. The highest BCUT2D eigenvalue weighted by molar-refractivity contribution is 7.10. The Morgan fingerprint density at radius 2 is 2.17 bits per heavy atom. The van der Waals surface area contributed by atoms with E-state index in [1.54, 1.807) is 11.3 Å². The number of hydrogen-bond donors (Lipinski definition) is 0. The van der Waals surface area contributed by atoms with Crippen LogP contribution in [-0.2, 0) is 20.7 Å². The third-order valence-electron chi connectivity index (χ3n) is 5.22. The van der Waals surface area contributed by atoms with E-state index in [-0.39, 0.29) is 24.2 Å². The molecular formula is C18H25NO3S. The molecule has 0 unspecified atom stereocenters. The molecule has 1 aromatic heterocycles. The summed E-state index contributed by atoms with van der Waals surface area (Å²) in [4.78, 5) is 15.8. The zero-order chi connectivity index (χ0) is 15.6. The molecule has 126 valence electrons. The molecule has 0 bridgehead atoms. The summed E-state index contributed by atoms with van der Waals surface area (Å²) < 4.78 is 12.0. The fourth-order valence-corrected chi connectivity index (χ4v) is 4.44. The second kappa shape index (κ2) is 6.91. The topological polar surface area (TPSA) is 38.8 Å². The van der Waals surface area contributed by atoms with Gasteiger partial charge in [0.2, 0.25) is 5.91 Å². The number of likely N-dealkylation sites (tertiary alicyclic amines) is 1. The van der Waals surface area contributed by atoms with Crippen LogP contribution in [0.5, 0.6) is 0 Å². The van der Waals surface area contributed by atoms with Crippen molar-refractivity contribution in [3.05, 3.63) is 22.4 Å². The molecule has 1 aliphatic carbocycles. The molecule has 0 N–H and O–H groups in total. The van der Waals surface area contributed by atoms with Crippen LogP contribution in [0.25, 0.3) is 0 Å². The van der Waals surface area contributed by atoms with Crippen molar-refractivity contribution in [2.45, 2.75) is 56.8 Å². The Morgan fingerprint density at radius 3 is 2.96 bits per heavy atom. The minimum Gasteiger partial charge on any atom is -0.378 e. The number of ether oxygens (including phenoxy) is 2. The standard InChI is InChI=1S/C18H25NO3S/c20-18(10-15-2-1-9-23-15)19-8-7-17-16(19)6-5-14(22-17)12-21-11-13-3-4-13/h1-2,9,13-14,16-17H,3-8,10-12H2/t14-,16-,17-/m0/s1. The number of carbonyl (C=O) groups excluding carboxylic acids is 1. The highest BCUT2D eigenvalue weighted by Gasteiger charge is 2.41. The number of thiophene rings is 1. The van der Waals surface area contributed by atoms with Crippen LogP contribution in [0.15, 0.2) is 17.5 Å². The number of hydrogen-bond acceptors (Lipinski definition) is 4. The van der Waals surface area contributed by atoms with Crippen molar-refractivity contribution in [3.8, 4) is 0 Å². The van der Waals surface area contributed by atoms with Gasteiger partial charge in [0, 0.05) is 18.0 Å². The first-order valence-corrected chi connectivity index (χ1v) is 9.72. The van der Waals surface area contributed by atoms with Gasteiger partial charge in [-0.25, -0.2) is 0 Å². The maximum atomic E-state index is 12.6. The number of amides is 1. The van der Waals surface area contributed by atoms with E-state index in [1.165, 1.54) is 12.8 Å². The van der Waals surface area contributed by atoms with Gasteiger partial charge in [-0.2, -0.15) is 0 Å². The van der Waals surface area contributed by atoms with E-state index in [0.29, 0.717) is 6.42 Å². The quantitative estimate of drug-likeness (QED) is 0.802. The average molecular weight is 335 g/mol. The fourth-order valence-electron chi connectivity index (χ4n) is 3.74. The molecule has 1 aromatic rings. The van der Waals surface area contributed by atoms with Gasteiger partial charge >= 0.3 is 0 Å².